The number of hydrogen-bond donors (Lipinski definition) is 0. The van der Waals surface area contributed by atoms with Crippen LogP contribution in [0.4, 0.5) is 0 Å². The summed E-state index contributed by atoms with van der Waals surface area (Å²) < 4.78 is 10.5. The van der Waals surface area contributed by atoms with E-state index in [0.717, 1.165) is 5.57 Å². The molecule has 3 nitrogen and oxygen atoms in total. The zero-order valence-corrected chi connectivity index (χ0v) is 9.82. The van der Waals surface area contributed by atoms with Gasteiger partial charge in [0.2, 0.25) is 0 Å². The van der Waals surface area contributed by atoms with Gasteiger partial charge >= 0.3 is 5.97 Å². The third-order valence-electron chi connectivity index (χ3n) is 1.77. The Morgan fingerprint density at radius 2 is 1.88 bits per heavy atom. The molecular weight excluding hydrogens is 204 g/mol. The van der Waals surface area contributed by atoms with Crippen molar-refractivity contribution < 1.29 is 14.3 Å². The van der Waals surface area contributed by atoms with Crippen molar-refractivity contribution in [1.82, 2.24) is 0 Å². The molecule has 16 heavy (non-hydrogen) atoms. The zero-order chi connectivity index (χ0) is 12.0. The largest absolute Gasteiger partial charge is 0.490 e. The first kappa shape index (κ1) is 12.3. The predicted octanol–water partition coefficient (Wildman–Crippen LogP) is 2.96. The van der Waals surface area contributed by atoms with Crippen LogP contribution in [0.15, 0.2) is 35.9 Å². The Bertz CT molecular complexity index is 390. The van der Waals surface area contributed by atoms with Crippen LogP contribution in [0.5, 0.6) is 11.5 Å². The smallest absolute Gasteiger partial charge is 0.336 e. The minimum absolute atomic E-state index is 0.382. The van der Waals surface area contributed by atoms with E-state index < -0.39 is 0 Å². The second-order valence-corrected chi connectivity index (χ2v) is 3.52. The van der Waals surface area contributed by atoms with E-state index in [4.69, 9.17) is 9.47 Å². The highest BCUT2D eigenvalue weighted by molar-refractivity contribution is 5.85. The van der Waals surface area contributed by atoms with E-state index in [-0.39, 0.29) is 5.97 Å². The minimum atomic E-state index is -0.382. The van der Waals surface area contributed by atoms with Crippen molar-refractivity contribution in [3.05, 3.63) is 35.9 Å². The molecule has 0 aliphatic heterocycles. The van der Waals surface area contributed by atoms with E-state index >= 15 is 0 Å². The van der Waals surface area contributed by atoms with Crippen LogP contribution in [-0.4, -0.2) is 12.6 Å². The topological polar surface area (TPSA) is 35.5 Å². The van der Waals surface area contributed by atoms with E-state index in [0.29, 0.717) is 18.1 Å². The van der Waals surface area contributed by atoms with Crippen LogP contribution in [-0.2, 0) is 4.79 Å². The summed E-state index contributed by atoms with van der Waals surface area (Å²) in [5.74, 6) is 0.652. The fourth-order valence-corrected chi connectivity index (χ4v) is 1.18. The number of para-hydroxylation sites is 2. The van der Waals surface area contributed by atoms with Crippen molar-refractivity contribution in [2.75, 3.05) is 6.61 Å². The van der Waals surface area contributed by atoms with Crippen molar-refractivity contribution in [2.24, 2.45) is 0 Å². The lowest BCUT2D eigenvalue weighted by molar-refractivity contribution is -0.129. The highest BCUT2D eigenvalue weighted by Gasteiger charge is 2.07. The van der Waals surface area contributed by atoms with Gasteiger partial charge in [0.1, 0.15) is 0 Å². The summed E-state index contributed by atoms with van der Waals surface area (Å²) in [4.78, 5) is 11.4. The molecule has 0 spiro atoms. The van der Waals surface area contributed by atoms with Crippen molar-refractivity contribution in [3.8, 4) is 11.5 Å². The number of benzene rings is 1. The van der Waals surface area contributed by atoms with Gasteiger partial charge in [-0.2, -0.15) is 0 Å². The molecule has 1 rings (SSSR count). The lowest BCUT2D eigenvalue weighted by Crippen LogP contribution is -2.06. The van der Waals surface area contributed by atoms with Crippen molar-refractivity contribution in [3.63, 3.8) is 0 Å². The molecule has 0 atom stereocenters. The van der Waals surface area contributed by atoms with Crippen LogP contribution in [0.25, 0.3) is 0 Å². The second kappa shape index (κ2) is 5.95. The van der Waals surface area contributed by atoms with Gasteiger partial charge in [-0.05, 0) is 32.9 Å². The molecule has 3 heteroatoms. The maximum absolute atomic E-state index is 11.4. The third kappa shape index (κ3) is 3.77. The average Bonchev–Trinajstić information content (AvgIpc) is 2.20. The first-order valence-corrected chi connectivity index (χ1v) is 5.22. The third-order valence-corrected chi connectivity index (χ3v) is 1.77. The molecule has 0 N–H and O–H groups in total. The van der Waals surface area contributed by atoms with Crippen LogP contribution in [0.2, 0.25) is 0 Å². The molecule has 86 valence electrons. The Balaban J connectivity index is 2.80. The normalized spacial score (nSPS) is 9.44. The van der Waals surface area contributed by atoms with Crippen LogP contribution in [0, 0.1) is 0 Å². The number of esters is 1. The molecular formula is C13H16O3. The zero-order valence-electron chi connectivity index (χ0n) is 9.82. The standard InChI is InChI=1S/C13H16O3/c1-4-15-11-7-5-6-8-12(11)16-13(14)9-10(2)3/h5-9H,4H2,1-3H3. The van der Waals surface area contributed by atoms with Gasteiger partial charge in [-0.15, -0.1) is 0 Å². The molecule has 1 aromatic rings. The maximum atomic E-state index is 11.4. The summed E-state index contributed by atoms with van der Waals surface area (Å²) in [5, 5.41) is 0. The summed E-state index contributed by atoms with van der Waals surface area (Å²) >= 11 is 0. The number of ether oxygens (including phenoxy) is 2. The van der Waals surface area contributed by atoms with Crippen LogP contribution in [0.1, 0.15) is 20.8 Å². The maximum Gasteiger partial charge on any atom is 0.336 e. The van der Waals surface area contributed by atoms with E-state index in [1.165, 1.54) is 6.08 Å². The Labute approximate surface area is 95.7 Å². The lowest BCUT2D eigenvalue weighted by Gasteiger charge is -2.08. The van der Waals surface area contributed by atoms with Gasteiger partial charge in [0.15, 0.2) is 11.5 Å². The SMILES string of the molecule is CCOc1ccccc1OC(=O)C=C(C)C. The highest BCUT2D eigenvalue weighted by atomic mass is 16.6. The number of allylic oxidation sites excluding steroid dienone is 1. The fraction of sp³-hybridized carbons (Fsp3) is 0.308. The van der Waals surface area contributed by atoms with Crippen molar-refractivity contribution >= 4 is 5.97 Å². The fourth-order valence-electron chi connectivity index (χ4n) is 1.18. The molecule has 0 amide bonds. The Morgan fingerprint density at radius 3 is 2.44 bits per heavy atom. The monoisotopic (exact) mass is 220 g/mol. The van der Waals surface area contributed by atoms with Crippen LogP contribution < -0.4 is 9.47 Å². The summed E-state index contributed by atoms with van der Waals surface area (Å²) in [5.41, 5.74) is 0.902. The molecule has 0 radical (unpaired) electrons. The summed E-state index contributed by atoms with van der Waals surface area (Å²) in [6.07, 6.45) is 1.45. The molecule has 0 aliphatic carbocycles. The van der Waals surface area contributed by atoms with E-state index in [9.17, 15) is 4.79 Å². The molecule has 0 heterocycles. The number of carbonyl (C=O) groups is 1. The summed E-state index contributed by atoms with van der Waals surface area (Å²) in [6, 6.07) is 7.12. The second-order valence-electron chi connectivity index (χ2n) is 3.52. The van der Waals surface area contributed by atoms with E-state index in [1.54, 1.807) is 18.2 Å². The molecule has 0 saturated carbocycles. The molecule has 1 aromatic carbocycles. The van der Waals surface area contributed by atoms with Gasteiger partial charge in [-0.1, -0.05) is 17.7 Å². The van der Waals surface area contributed by atoms with Gasteiger partial charge in [0, 0.05) is 6.08 Å². The summed E-state index contributed by atoms with van der Waals surface area (Å²) in [6.45, 7) is 6.11. The van der Waals surface area contributed by atoms with Gasteiger partial charge < -0.3 is 9.47 Å². The molecule has 0 unspecified atom stereocenters. The average molecular weight is 220 g/mol. The first-order valence-electron chi connectivity index (χ1n) is 5.22. The summed E-state index contributed by atoms with van der Waals surface area (Å²) in [7, 11) is 0. The minimum Gasteiger partial charge on any atom is -0.490 e. The van der Waals surface area contributed by atoms with Gasteiger partial charge in [-0.25, -0.2) is 4.79 Å². The Hall–Kier alpha value is -1.77. The Morgan fingerprint density at radius 1 is 1.25 bits per heavy atom. The van der Waals surface area contributed by atoms with Gasteiger partial charge in [0.25, 0.3) is 0 Å². The molecule has 0 fully saturated rings. The number of rotatable bonds is 4. The van der Waals surface area contributed by atoms with E-state index in [1.807, 2.05) is 26.8 Å². The van der Waals surface area contributed by atoms with Crippen LogP contribution in [0.3, 0.4) is 0 Å². The van der Waals surface area contributed by atoms with Gasteiger partial charge in [0.05, 0.1) is 6.61 Å². The first-order chi connectivity index (χ1) is 7.63. The molecule has 0 saturated heterocycles. The lowest BCUT2D eigenvalue weighted by atomic mass is 10.3. The quantitative estimate of drug-likeness (QED) is 0.444. The predicted molar refractivity (Wildman–Crippen MR) is 62.7 cm³/mol. The van der Waals surface area contributed by atoms with Gasteiger partial charge in [-0.3, -0.25) is 0 Å². The number of hydrogen-bond acceptors (Lipinski definition) is 3. The van der Waals surface area contributed by atoms with Crippen molar-refractivity contribution in [1.29, 1.82) is 0 Å². The van der Waals surface area contributed by atoms with E-state index in [2.05, 4.69) is 0 Å². The molecule has 0 aliphatic rings. The van der Waals surface area contributed by atoms with Crippen molar-refractivity contribution in [2.45, 2.75) is 20.8 Å². The Kier molecular flexibility index (Phi) is 4.58. The molecule has 0 aromatic heterocycles. The molecule has 0 bridgehead atoms. The highest BCUT2D eigenvalue weighted by Crippen LogP contribution is 2.26. The number of carbonyl (C=O) groups excluding carboxylic acids is 1. The van der Waals surface area contributed by atoms with Crippen LogP contribution >= 0.6 is 0 Å².